The van der Waals surface area contributed by atoms with Gasteiger partial charge in [-0.1, -0.05) is 60.1 Å². The predicted octanol–water partition coefficient (Wildman–Crippen LogP) is 3.44. The number of carbonyl (C=O) groups excluding carboxylic acids is 1. The Morgan fingerprint density at radius 3 is 2.32 bits per heavy atom. The van der Waals surface area contributed by atoms with E-state index in [4.69, 9.17) is 11.6 Å². The van der Waals surface area contributed by atoms with Crippen LogP contribution in [0.3, 0.4) is 0 Å². The van der Waals surface area contributed by atoms with Gasteiger partial charge in [-0.3, -0.25) is 4.90 Å². The lowest BCUT2D eigenvalue weighted by Gasteiger charge is -2.40. The van der Waals surface area contributed by atoms with Gasteiger partial charge in [0.2, 0.25) is 0 Å². The fourth-order valence-electron chi connectivity index (χ4n) is 4.08. The highest BCUT2D eigenvalue weighted by Crippen LogP contribution is 2.33. The number of nitrogens with one attached hydrogen (secondary N) is 1. The lowest BCUT2D eigenvalue weighted by Crippen LogP contribution is -2.54. The molecule has 162 valence electrons. The third kappa shape index (κ3) is 5.24. The molecular weight excluding hydrogens is 412 g/mol. The summed E-state index contributed by atoms with van der Waals surface area (Å²) in [6, 6.07) is 18.4. The van der Waals surface area contributed by atoms with Crippen LogP contribution in [0.2, 0.25) is 5.02 Å². The van der Waals surface area contributed by atoms with E-state index in [9.17, 15) is 4.79 Å². The Morgan fingerprint density at radius 1 is 1.00 bits per heavy atom. The maximum atomic E-state index is 12.7. The van der Waals surface area contributed by atoms with Crippen molar-refractivity contribution in [1.82, 2.24) is 29.9 Å². The summed E-state index contributed by atoms with van der Waals surface area (Å²) in [5.74, 6) is 0. The Bertz CT molecular complexity index is 973. The van der Waals surface area contributed by atoms with Gasteiger partial charge in [-0.05, 0) is 24.1 Å². The van der Waals surface area contributed by atoms with Crippen LogP contribution in [-0.2, 0) is 6.54 Å². The van der Waals surface area contributed by atoms with E-state index in [1.165, 1.54) is 5.56 Å². The first kappa shape index (κ1) is 21.3. The van der Waals surface area contributed by atoms with Crippen molar-refractivity contribution >= 4 is 17.6 Å². The maximum Gasteiger partial charge on any atom is 0.317 e. The number of hydrogen-bond donors (Lipinski definition) is 1. The fraction of sp³-hybridized carbons (Fsp3) is 0.348. The van der Waals surface area contributed by atoms with Gasteiger partial charge >= 0.3 is 6.03 Å². The third-order valence-corrected chi connectivity index (χ3v) is 5.95. The molecule has 0 radical (unpaired) electrons. The van der Waals surface area contributed by atoms with Gasteiger partial charge in [0.1, 0.15) is 12.7 Å². The first-order valence-electron chi connectivity index (χ1n) is 10.5. The molecule has 2 aromatic carbocycles. The zero-order valence-electron chi connectivity index (χ0n) is 17.6. The van der Waals surface area contributed by atoms with Crippen molar-refractivity contribution in [3.05, 3.63) is 83.4 Å². The summed E-state index contributed by atoms with van der Waals surface area (Å²) in [5.41, 5.74) is 2.30. The highest BCUT2D eigenvalue weighted by Gasteiger charge is 2.29. The highest BCUT2D eigenvalue weighted by atomic mass is 35.5. The lowest BCUT2D eigenvalue weighted by atomic mass is 9.96. The molecular formula is C23H27ClN6O. The minimum atomic E-state index is -0.0331. The van der Waals surface area contributed by atoms with Crippen LogP contribution in [0, 0.1) is 0 Å². The number of hydrogen-bond acceptors (Lipinski definition) is 4. The summed E-state index contributed by atoms with van der Waals surface area (Å²) in [7, 11) is 0. The zero-order chi connectivity index (χ0) is 21.6. The van der Waals surface area contributed by atoms with Gasteiger partial charge in [-0.25, -0.2) is 4.79 Å². The largest absolute Gasteiger partial charge is 0.334 e. The van der Waals surface area contributed by atoms with Gasteiger partial charge in [0.15, 0.2) is 0 Å². The summed E-state index contributed by atoms with van der Waals surface area (Å²) in [6.45, 7) is 5.51. The molecule has 1 aromatic heterocycles. The Kier molecular flexibility index (Phi) is 6.84. The highest BCUT2D eigenvalue weighted by molar-refractivity contribution is 6.31. The molecule has 1 saturated heterocycles. The van der Waals surface area contributed by atoms with E-state index < -0.39 is 0 Å². The molecule has 1 aliphatic rings. The molecule has 0 saturated carbocycles. The quantitative estimate of drug-likeness (QED) is 0.640. The topological polar surface area (TPSA) is 66.3 Å². The summed E-state index contributed by atoms with van der Waals surface area (Å²) in [6.07, 6.45) is 3.31. The normalized spacial score (nSPS) is 16.6. The number of nitrogens with zero attached hydrogens (tertiary/aromatic N) is 5. The number of amides is 2. The van der Waals surface area contributed by atoms with Gasteiger partial charge < -0.3 is 14.8 Å². The van der Waals surface area contributed by atoms with Crippen molar-refractivity contribution in [2.24, 2.45) is 0 Å². The monoisotopic (exact) mass is 438 g/mol. The average Bonchev–Trinajstić information content (AvgIpc) is 3.29. The Hall–Kier alpha value is -2.90. The Morgan fingerprint density at radius 2 is 1.65 bits per heavy atom. The summed E-state index contributed by atoms with van der Waals surface area (Å²) in [4.78, 5) is 17.0. The van der Waals surface area contributed by atoms with E-state index in [1.54, 1.807) is 12.7 Å². The molecule has 0 aliphatic carbocycles. The Labute approximate surface area is 187 Å². The molecule has 2 atom stereocenters. The zero-order valence-corrected chi connectivity index (χ0v) is 18.3. The van der Waals surface area contributed by atoms with Crippen LogP contribution in [0.15, 0.2) is 67.3 Å². The van der Waals surface area contributed by atoms with E-state index in [-0.39, 0.29) is 18.1 Å². The van der Waals surface area contributed by atoms with Crippen molar-refractivity contribution in [3.63, 3.8) is 0 Å². The number of rotatable bonds is 6. The second-order valence-electron chi connectivity index (χ2n) is 7.87. The number of urea groups is 1. The van der Waals surface area contributed by atoms with Crippen LogP contribution in [0.25, 0.3) is 0 Å². The fourth-order valence-corrected chi connectivity index (χ4v) is 4.32. The first-order valence-corrected chi connectivity index (χ1v) is 10.9. The Balaban J connectivity index is 1.41. The number of benzene rings is 2. The molecule has 31 heavy (non-hydrogen) atoms. The molecule has 1 N–H and O–H groups in total. The van der Waals surface area contributed by atoms with Crippen molar-refractivity contribution in [3.8, 4) is 0 Å². The van der Waals surface area contributed by atoms with Crippen LogP contribution in [0.5, 0.6) is 0 Å². The van der Waals surface area contributed by atoms with Crippen LogP contribution < -0.4 is 5.32 Å². The molecule has 3 aromatic rings. The van der Waals surface area contributed by atoms with Crippen molar-refractivity contribution < 1.29 is 4.79 Å². The van der Waals surface area contributed by atoms with Crippen molar-refractivity contribution in [2.45, 2.75) is 25.6 Å². The molecule has 7 nitrogen and oxygen atoms in total. The second kappa shape index (κ2) is 9.94. The molecule has 2 amide bonds. The van der Waals surface area contributed by atoms with Crippen molar-refractivity contribution in [2.75, 3.05) is 26.2 Å². The molecule has 0 spiro atoms. The molecule has 2 heterocycles. The van der Waals surface area contributed by atoms with E-state index in [0.29, 0.717) is 19.6 Å². The van der Waals surface area contributed by atoms with Crippen LogP contribution in [0.4, 0.5) is 4.79 Å². The number of aromatic nitrogens is 3. The lowest BCUT2D eigenvalue weighted by molar-refractivity contribution is 0.119. The molecule has 1 fully saturated rings. The summed E-state index contributed by atoms with van der Waals surface area (Å²) in [5, 5.41) is 11.4. The third-order valence-electron chi connectivity index (χ3n) is 5.60. The number of halogens is 1. The number of carbonyl (C=O) groups is 1. The van der Waals surface area contributed by atoms with Crippen LogP contribution in [0.1, 0.15) is 24.1 Å². The number of piperazine rings is 1. The minimum absolute atomic E-state index is 0.0123. The summed E-state index contributed by atoms with van der Waals surface area (Å²) < 4.78 is 1.86. The van der Waals surface area contributed by atoms with Crippen molar-refractivity contribution in [1.29, 1.82) is 0 Å². The predicted molar refractivity (Wildman–Crippen MR) is 121 cm³/mol. The van der Waals surface area contributed by atoms with E-state index >= 15 is 0 Å². The van der Waals surface area contributed by atoms with Gasteiger partial charge in [0.25, 0.3) is 0 Å². The van der Waals surface area contributed by atoms with Crippen LogP contribution in [-0.4, -0.2) is 62.8 Å². The molecule has 1 aliphatic heterocycles. The standard InChI is InChI=1S/C23H27ClN6O/c1-18(15-28-16-25-26-17-28)27-23(31)30-13-11-29(12-14-30)22(19-7-3-2-4-8-19)20-9-5-6-10-21(20)24/h2-10,16-18,22H,11-15H2,1H3,(H,27,31). The second-order valence-corrected chi connectivity index (χ2v) is 8.27. The summed E-state index contributed by atoms with van der Waals surface area (Å²) >= 11 is 6.57. The smallest absolute Gasteiger partial charge is 0.317 e. The van der Waals surface area contributed by atoms with Gasteiger partial charge in [0.05, 0.1) is 6.04 Å². The molecule has 8 heteroatoms. The maximum absolute atomic E-state index is 12.7. The minimum Gasteiger partial charge on any atom is -0.334 e. The molecule has 2 unspecified atom stereocenters. The molecule has 0 bridgehead atoms. The van der Waals surface area contributed by atoms with Gasteiger partial charge in [0, 0.05) is 43.8 Å². The average molecular weight is 439 g/mol. The van der Waals surface area contributed by atoms with Gasteiger partial charge in [-0.2, -0.15) is 0 Å². The van der Waals surface area contributed by atoms with Gasteiger partial charge in [-0.15, -0.1) is 10.2 Å². The SMILES string of the molecule is CC(Cn1cnnc1)NC(=O)N1CCN(C(c2ccccc2)c2ccccc2Cl)CC1. The van der Waals surface area contributed by atoms with E-state index in [1.807, 2.05) is 40.7 Å². The first-order chi connectivity index (χ1) is 15.1. The molecule has 4 rings (SSSR count). The van der Waals surface area contributed by atoms with E-state index in [0.717, 1.165) is 23.7 Å². The van der Waals surface area contributed by atoms with E-state index in [2.05, 4.69) is 50.7 Å². The van der Waals surface area contributed by atoms with Crippen LogP contribution >= 0.6 is 11.6 Å².